The molecule has 6 nitrogen and oxygen atoms in total. The van der Waals surface area contributed by atoms with Crippen LogP contribution in [0.15, 0.2) is 54.6 Å². The minimum Gasteiger partial charge on any atom is -0.478 e. The number of piperidine rings is 1. The van der Waals surface area contributed by atoms with Crippen molar-refractivity contribution in [3.8, 4) is 11.1 Å². The van der Waals surface area contributed by atoms with Crippen molar-refractivity contribution in [2.45, 2.75) is 31.9 Å². The number of nitrogens with zero attached hydrogens (tertiary/aromatic N) is 2. The van der Waals surface area contributed by atoms with Gasteiger partial charge in [0.15, 0.2) is 0 Å². The summed E-state index contributed by atoms with van der Waals surface area (Å²) in [5.74, 6) is -0.534. The SMILES string of the molecule is O=C(O)c1ccccc1-c1ccc(CN2CCC[C@@H](c3cc(CO)[nH]n3)C2)cc1. The lowest BCUT2D eigenvalue weighted by Crippen LogP contribution is -2.34. The maximum Gasteiger partial charge on any atom is 0.336 e. The number of hydrogen-bond donors (Lipinski definition) is 3. The maximum absolute atomic E-state index is 11.5. The van der Waals surface area contributed by atoms with Crippen LogP contribution in [0.2, 0.25) is 0 Å². The Bertz CT molecular complexity index is 981. The summed E-state index contributed by atoms with van der Waals surface area (Å²) in [6.45, 7) is 2.84. The number of aromatic carboxylic acids is 1. The molecular weight excluding hydrogens is 366 g/mol. The second kappa shape index (κ2) is 8.59. The number of rotatable bonds is 6. The van der Waals surface area contributed by atoms with Gasteiger partial charge in [-0.15, -0.1) is 0 Å². The van der Waals surface area contributed by atoms with Gasteiger partial charge in [0, 0.05) is 19.0 Å². The number of carbonyl (C=O) groups is 1. The number of aromatic amines is 1. The molecule has 3 aromatic rings. The van der Waals surface area contributed by atoms with E-state index >= 15 is 0 Å². The van der Waals surface area contributed by atoms with E-state index in [1.165, 1.54) is 5.56 Å². The van der Waals surface area contributed by atoms with Gasteiger partial charge in [-0.3, -0.25) is 10.00 Å². The first kappa shape index (κ1) is 19.4. The number of aliphatic hydroxyl groups excluding tert-OH is 1. The molecule has 0 saturated carbocycles. The van der Waals surface area contributed by atoms with Gasteiger partial charge >= 0.3 is 5.97 Å². The van der Waals surface area contributed by atoms with Gasteiger partial charge in [-0.2, -0.15) is 5.10 Å². The summed E-state index contributed by atoms with van der Waals surface area (Å²) in [5.41, 5.74) is 4.97. The average Bonchev–Trinajstić information content (AvgIpc) is 3.24. The van der Waals surface area contributed by atoms with Crippen LogP contribution in [0.5, 0.6) is 0 Å². The van der Waals surface area contributed by atoms with E-state index in [0.717, 1.165) is 55.0 Å². The Morgan fingerprint density at radius 1 is 1.17 bits per heavy atom. The van der Waals surface area contributed by atoms with E-state index in [1.807, 2.05) is 30.3 Å². The largest absolute Gasteiger partial charge is 0.478 e. The third-order valence-electron chi connectivity index (χ3n) is 5.57. The molecule has 0 unspecified atom stereocenters. The van der Waals surface area contributed by atoms with Crippen LogP contribution in [-0.2, 0) is 13.2 Å². The lowest BCUT2D eigenvalue weighted by molar-refractivity contribution is 0.0697. The number of carboxylic acid groups (broad SMARTS) is 1. The molecule has 0 bridgehead atoms. The molecule has 2 aromatic carbocycles. The topological polar surface area (TPSA) is 89.5 Å². The normalized spacial score (nSPS) is 17.3. The molecule has 1 saturated heterocycles. The van der Waals surface area contributed by atoms with E-state index in [-0.39, 0.29) is 6.61 Å². The Balaban J connectivity index is 1.44. The second-order valence-corrected chi connectivity index (χ2v) is 7.60. The first-order valence-corrected chi connectivity index (χ1v) is 9.93. The van der Waals surface area contributed by atoms with E-state index in [2.05, 4.69) is 27.2 Å². The van der Waals surface area contributed by atoms with Crippen molar-refractivity contribution >= 4 is 5.97 Å². The van der Waals surface area contributed by atoms with Crippen molar-refractivity contribution in [3.05, 3.63) is 77.1 Å². The van der Waals surface area contributed by atoms with Crippen LogP contribution in [0.1, 0.15) is 46.1 Å². The van der Waals surface area contributed by atoms with Crippen LogP contribution in [-0.4, -0.2) is 44.4 Å². The molecule has 1 fully saturated rings. The number of aromatic nitrogens is 2. The van der Waals surface area contributed by atoms with Crippen LogP contribution in [0.3, 0.4) is 0 Å². The number of carboxylic acids is 1. The van der Waals surface area contributed by atoms with Gasteiger partial charge in [0.25, 0.3) is 0 Å². The van der Waals surface area contributed by atoms with Crippen molar-refractivity contribution in [3.63, 3.8) is 0 Å². The molecule has 0 aliphatic carbocycles. The highest BCUT2D eigenvalue weighted by atomic mass is 16.4. The molecule has 0 spiro atoms. The quantitative estimate of drug-likeness (QED) is 0.597. The standard InChI is InChI=1S/C23H25N3O3/c27-15-19-12-22(25-24-19)18-4-3-11-26(14-18)13-16-7-9-17(10-8-16)20-5-1-2-6-21(20)23(28)29/h1-2,5-10,12,18,27H,3-4,11,13-15H2,(H,24,25)(H,28,29)/t18-/m1/s1. The van der Waals surface area contributed by atoms with Crippen LogP contribution < -0.4 is 0 Å². The number of benzene rings is 2. The minimum atomic E-state index is -0.910. The summed E-state index contributed by atoms with van der Waals surface area (Å²) < 4.78 is 0. The number of aliphatic hydroxyl groups is 1. The molecule has 2 heterocycles. The van der Waals surface area contributed by atoms with Gasteiger partial charge in [0.2, 0.25) is 0 Å². The molecule has 0 amide bonds. The van der Waals surface area contributed by atoms with Crippen molar-refractivity contribution < 1.29 is 15.0 Å². The Morgan fingerprint density at radius 3 is 2.69 bits per heavy atom. The molecule has 29 heavy (non-hydrogen) atoms. The van der Waals surface area contributed by atoms with Crippen LogP contribution >= 0.6 is 0 Å². The maximum atomic E-state index is 11.5. The average molecular weight is 391 g/mol. The third kappa shape index (κ3) is 4.39. The van der Waals surface area contributed by atoms with E-state index in [4.69, 9.17) is 0 Å². The number of nitrogens with one attached hydrogen (secondary N) is 1. The van der Waals surface area contributed by atoms with Crippen LogP contribution in [0.4, 0.5) is 0 Å². The van der Waals surface area contributed by atoms with E-state index in [0.29, 0.717) is 11.5 Å². The lowest BCUT2D eigenvalue weighted by atomic mass is 9.94. The summed E-state index contributed by atoms with van der Waals surface area (Å²) in [6.07, 6.45) is 2.23. The van der Waals surface area contributed by atoms with Crippen LogP contribution in [0.25, 0.3) is 11.1 Å². The Kier molecular flexibility index (Phi) is 5.74. The third-order valence-corrected chi connectivity index (χ3v) is 5.57. The predicted octanol–water partition coefficient (Wildman–Crippen LogP) is 3.65. The fraction of sp³-hybridized carbons (Fsp3) is 0.304. The number of hydrogen-bond acceptors (Lipinski definition) is 4. The molecule has 1 aliphatic heterocycles. The van der Waals surface area contributed by atoms with E-state index in [9.17, 15) is 15.0 Å². The number of H-pyrrole nitrogens is 1. The monoisotopic (exact) mass is 391 g/mol. The fourth-order valence-corrected chi connectivity index (χ4v) is 4.08. The van der Waals surface area contributed by atoms with Gasteiger partial charge in [-0.05, 0) is 48.2 Å². The zero-order valence-electron chi connectivity index (χ0n) is 16.2. The number of likely N-dealkylation sites (tertiary alicyclic amines) is 1. The van der Waals surface area contributed by atoms with Gasteiger partial charge < -0.3 is 10.2 Å². The zero-order chi connectivity index (χ0) is 20.2. The Hall–Kier alpha value is -2.96. The van der Waals surface area contributed by atoms with E-state index in [1.54, 1.807) is 12.1 Å². The fourth-order valence-electron chi connectivity index (χ4n) is 4.08. The van der Waals surface area contributed by atoms with Crippen molar-refractivity contribution in [2.75, 3.05) is 13.1 Å². The lowest BCUT2D eigenvalue weighted by Gasteiger charge is -2.32. The summed E-state index contributed by atoms with van der Waals surface area (Å²) >= 11 is 0. The molecule has 1 atom stereocenters. The molecule has 1 aliphatic rings. The van der Waals surface area contributed by atoms with Gasteiger partial charge in [-0.1, -0.05) is 42.5 Å². The van der Waals surface area contributed by atoms with E-state index < -0.39 is 5.97 Å². The molecule has 4 rings (SSSR count). The summed E-state index contributed by atoms with van der Waals surface area (Å²) in [5, 5.41) is 25.9. The molecule has 6 heteroatoms. The summed E-state index contributed by atoms with van der Waals surface area (Å²) in [7, 11) is 0. The van der Waals surface area contributed by atoms with Crippen LogP contribution in [0, 0.1) is 0 Å². The highest BCUT2D eigenvalue weighted by molar-refractivity contribution is 5.95. The zero-order valence-corrected chi connectivity index (χ0v) is 16.2. The second-order valence-electron chi connectivity index (χ2n) is 7.60. The molecule has 150 valence electrons. The predicted molar refractivity (Wildman–Crippen MR) is 111 cm³/mol. The molecule has 1 aromatic heterocycles. The molecular formula is C23H25N3O3. The summed E-state index contributed by atoms with van der Waals surface area (Å²) in [6, 6.07) is 17.2. The van der Waals surface area contributed by atoms with Crippen molar-refractivity contribution in [1.82, 2.24) is 15.1 Å². The van der Waals surface area contributed by atoms with Crippen molar-refractivity contribution in [2.24, 2.45) is 0 Å². The molecule has 0 radical (unpaired) electrons. The van der Waals surface area contributed by atoms with Gasteiger partial charge in [0.1, 0.15) is 0 Å². The first-order chi connectivity index (χ1) is 14.1. The Morgan fingerprint density at radius 2 is 1.97 bits per heavy atom. The first-order valence-electron chi connectivity index (χ1n) is 9.93. The van der Waals surface area contributed by atoms with Gasteiger partial charge in [0.05, 0.1) is 23.6 Å². The highest BCUT2D eigenvalue weighted by Gasteiger charge is 2.23. The highest BCUT2D eigenvalue weighted by Crippen LogP contribution is 2.28. The van der Waals surface area contributed by atoms with Gasteiger partial charge in [-0.25, -0.2) is 4.79 Å². The molecule has 3 N–H and O–H groups in total. The Labute approximate surface area is 169 Å². The van der Waals surface area contributed by atoms with Crippen molar-refractivity contribution in [1.29, 1.82) is 0 Å². The minimum absolute atomic E-state index is 0.0131. The smallest absolute Gasteiger partial charge is 0.336 e. The summed E-state index contributed by atoms with van der Waals surface area (Å²) in [4.78, 5) is 13.9.